The molecule has 0 saturated heterocycles. The third kappa shape index (κ3) is 3.46. The molecule has 2 aromatic rings. The van der Waals surface area contributed by atoms with E-state index >= 15 is 0 Å². The number of hydrogen-bond acceptors (Lipinski definition) is 4. The summed E-state index contributed by atoms with van der Waals surface area (Å²) in [6.45, 7) is 0.0302. The molecule has 1 aromatic carbocycles. The predicted molar refractivity (Wildman–Crippen MR) is 72.8 cm³/mol. The Morgan fingerprint density at radius 2 is 2.21 bits per heavy atom. The van der Waals surface area contributed by atoms with E-state index in [-0.39, 0.29) is 12.4 Å². The van der Waals surface area contributed by atoms with E-state index in [1.807, 2.05) is 7.05 Å². The molecule has 2 rings (SSSR count). The summed E-state index contributed by atoms with van der Waals surface area (Å²) in [6.07, 6.45) is 0.458. The third-order valence-electron chi connectivity index (χ3n) is 2.63. The van der Waals surface area contributed by atoms with Crippen LogP contribution in [0.5, 0.6) is 0 Å². The van der Waals surface area contributed by atoms with E-state index in [9.17, 15) is 4.39 Å². The number of hydrogen-bond donors (Lipinski definition) is 1. The van der Waals surface area contributed by atoms with Gasteiger partial charge >= 0.3 is 0 Å². The number of rotatable bonds is 5. The Bertz CT molecular complexity index is 576. The molecule has 0 unspecified atom stereocenters. The normalized spacial score (nSPS) is 10.9. The largest absolute Gasteiger partial charge is 0.396 e. The maximum atomic E-state index is 13.6. The van der Waals surface area contributed by atoms with Crippen molar-refractivity contribution in [2.45, 2.75) is 17.3 Å². The third-order valence-corrected chi connectivity index (χ3v) is 3.94. The number of nitrogens with zero attached hydrogens (tertiary/aromatic N) is 3. The Morgan fingerprint density at radius 3 is 2.89 bits per heavy atom. The molecular formula is C12H13ClFN3OS. The van der Waals surface area contributed by atoms with E-state index in [0.29, 0.717) is 33.7 Å². The molecule has 1 N–H and O–H groups in total. The van der Waals surface area contributed by atoms with Gasteiger partial charge in [0.2, 0.25) is 0 Å². The van der Waals surface area contributed by atoms with Crippen LogP contribution in [0.25, 0.3) is 0 Å². The molecule has 7 heteroatoms. The monoisotopic (exact) mass is 301 g/mol. The average molecular weight is 302 g/mol. The van der Waals surface area contributed by atoms with Crippen LogP contribution in [0.1, 0.15) is 11.4 Å². The lowest BCUT2D eigenvalue weighted by atomic mass is 10.2. The van der Waals surface area contributed by atoms with E-state index in [1.165, 1.54) is 17.8 Å². The van der Waals surface area contributed by atoms with Crippen molar-refractivity contribution >= 4 is 23.4 Å². The van der Waals surface area contributed by atoms with Crippen molar-refractivity contribution in [3.8, 4) is 0 Å². The van der Waals surface area contributed by atoms with Gasteiger partial charge in [0.15, 0.2) is 5.16 Å². The zero-order valence-electron chi connectivity index (χ0n) is 10.3. The summed E-state index contributed by atoms with van der Waals surface area (Å²) in [5.41, 5.74) is 0.570. The molecule has 102 valence electrons. The van der Waals surface area contributed by atoms with Gasteiger partial charge in [-0.2, -0.15) is 0 Å². The van der Waals surface area contributed by atoms with Crippen LogP contribution in [-0.2, 0) is 19.2 Å². The quantitative estimate of drug-likeness (QED) is 0.862. The van der Waals surface area contributed by atoms with Gasteiger partial charge in [-0.05, 0) is 17.7 Å². The van der Waals surface area contributed by atoms with Crippen LogP contribution >= 0.6 is 23.4 Å². The van der Waals surface area contributed by atoms with Gasteiger partial charge in [-0.15, -0.1) is 10.2 Å². The molecule has 0 amide bonds. The van der Waals surface area contributed by atoms with Crippen LogP contribution in [-0.4, -0.2) is 26.5 Å². The Kier molecular flexibility index (Phi) is 4.79. The van der Waals surface area contributed by atoms with Gasteiger partial charge in [-0.1, -0.05) is 29.4 Å². The molecule has 0 saturated carbocycles. The van der Waals surface area contributed by atoms with E-state index in [4.69, 9.17) is 16.7 Å². The first-order valence-electron chi connectivity index (χ1n) is 5.67. The lowest BCUT2D eigenvalue weighted by Gasteiger charge is -2.04. The highest BCUT2D eigenvalue weighted by Gasteiger charge is 2.10. The van der Waals surface area contributed by atoms with E-state index < -0.39 is 0 Å². The molecule has 0 atom stereocenters. The Balaban J connectivity index is 2.06. The summed E-state index contributed by atoms with van der Waals surface area (Å²) in [4.78, 5) is 0. The fourth-order valence-corrected chi connectivity index (χ4v) is 2.64. The SMILES string of the molecule is Cn1c(CCO)nnc1SCc1ccc(Cl)cc1F. The van der Waals surface area contributed by atoms with Crippen molar-refractivity contribution in [1.29, 1.82) is 0 Å². The maximum Gasteiger partial charge on any atom is 0.191 e. The second-order valence-corrected chi connectivity index (χ2v) is 5.33. The van der Waals surface area contributed by atoms with E-state index in [1.54, 1.807) is 16.7 Å². The number of aromatic nitrogens is 3. The summed E-state index contributed by atoms with van der Waals surface area (Å²) in [5.74, 6) is 0.841. The summed E-state index contributed by atoms with van der Waals surface area (Å²) in [7, 11) is 1.82. The van der Waals surface area contributed by atoms with Crippen LogP contribution < -0.4 is 0 Å². The molecule has 0 radical (unpaired) electrons. The average Bonchev–Trinajstić information content (AvgIpc) is 2.71. The molecule has 1 aromatic heterocycles. The molecule has 1 heterocycles. The molecule has 0 spiro atoms. The Hall–Kier alpha value is -1.11. The number of benzene rings is 1. The first-order valence-corrected chi connectivity index (χ1v) is 7.04. The second-order valence-electron chi connectivity index (χ2n) is 3.96. The standard InChI is InChI=1S/C12H13ClFN3OS/c1-17-11(4-5-18)15-16-12(17)19-7-8-2-3-9(13)6-10(8)14/h2-3,6,18H,4-5,7H2,1H3. The van der Waals surface area contributed by atoms with Crippen LogP contribution in [0.2, 0.25) is 5.02 Å². The molecule has 0 aliphatic rings. The van der Waals surface area contributed by atoms with E-state index in [0.717, 1.165) is 0 Å². The van der Waals surface area contributed by atoms with Crippen molar-refractivity contribution in [2.24, 2.45) is 7.05 Å². The van der Waals surface area contributed by atoms with Gasteiger partial charge in [-0.25, -0.2) is 4.39 Å². The molecular weight excluding hydrogens is 289 g/mol. The number of aliphatic hydroxyl groups excluding tert-OH is 1. The predicted octanol–water partition coefficient (Wildman–Crippen LogP) is 2.43. The molecule has 4 nitrogen and oxygen atoms in total. The van der Waals surface area contributed by atoms with Crippen molar-refractivity contribution in [1.82, 2.24) is 14.8 Å². The van der Waals surface area contributed by atoms with Crippen molar-refractivity contribution in [3.63, 3.8) is 0 Å². The minimum Gasteiger partial charge on any atom is -0.396 e. The van der Waals surface area contributed by atoms with Gasteiger partial charge < -0.3 is 9.67 Å². The number of halogens is 2. The summed E-state index contributed by atoms with van der Waals surface area (Å²) in [6, 6.07) is 4.62. The van der Waals surface area contributed by atoms with Crippen LogP contribution in [0.15, 0.2) is 23.4 Å². The lowest BCUT2D eigenvalue weighted by molar-refractivity contribution is 0.295. The number of thioether (sulfide) groups is 1. The van der Waals surface area contributed by atoms with Gasteiger partial charge in [0, 0.05) is 24.2 Å². The molecule has 0 aliphatic carbocycles. The van der Waals surface area contributed by atoms with Crippen LogP contribution in [0.4, 0.5) is 4.39 Å². The molecule has 0 bridgehead atoms. The van der Waals surface area contributed by atoms with Gasteiger partial charge in [0.1, 0.15) is 11.6 Å². The zero-order valence-corrected chi connectivity index (χ0v) is 11.9. The highest BCUT2D eigenvalue weighted by Crippen LogP contribution is 2.24. The fourth-order valence-electron chi connectivity index (χ4n) is 1.57. The van der Waals surface area contributed by atoms with Crippen LogP contribution in [0, 0.1) is 5.82 Å². The van der Waals surface area contributed by atoms with Gasteiger partial charge in [-0.3, -0.25) is 0 Å². The highest BCUT2D eigenvalue weighted by atomic mass is 35.5. The highest BCUT2D eigenvalue weighted by molar-refractivity contribution is 7.98. The minimum atomic E-state index is -0.322. The fraction of sp³-hybridized carbons (Fsp3) is 0.333. The Labute approximate surface area is 119 Å². The summed E-state index contributed by atoms with van der Waals surface area (Å²) in [5, 5.41) is 17.9. The van der Waals surface area contributed by atoms with E-state index in [2.05, 4.69) is 10.2 Å². The second kappa shape index (κ2) is 6.36. The number of aliphatic hydroxyl groups is 1. The lowest BCUT2D eigenvalue weighted by Crippen LogP contribution is -2.01. The molecule has 0 fully saturated rings. The van der Waals surface area contributed by atoms with Crippen LogP contribution in [0.3, 0.4) is 0 Å². The maximum absolute atomic E-state index is 13.6. The van der Waals surface area contributed by atoms with Crippen molar-refractivity contribution in [3.05, 3.63) is 40.4 Å². The van der Waals surface area contributed by atoms with Crippen molar-refractivity contribution in [2.75, 3.05) is 6.61 Å². The zero-order chi connectivity index (χ0) is 13.8. The summed E-state index contributed by atoms with van der Waals surface area (Å²) >= 11 is 7.09. The summed E-state index contributed by atoms with van der Waals surface area (Å²) < 4.78 is 15.4. The van der Waals surface area contributed by atoms with Crippen molar-refractivity contribution < 1.29 is 9.50 Å². The Morgan fingerprint density at radius 1 is 1.42 bits per heavy atom. The first kappa shape index (κ1) is 14.3. The topological polar surface area (TPSA) is 50.9 Å². The first-order chi connectivity index (χ1) is 9.11. The minimum absolute atomic E-state index is 0.0302. The van der Waals surface area contributed by atoms with Gasteiger partial charge in [0.05, 0.1) is 6.61 Å². The van der Waals surface area contributed by atoms with Gasteiger partial charge in [0.25, 0.3) is 0 Å². The molecule has 0 aliphatic heterocycles. The smallest absolute Gasteiger partial charge is 0.191 e. The molecule has 19 heavy (non-hydrogen) atoms.